The number of nitrogens with two attached hydrogens (primary N) is 1. The van der Waals surface area contributed by atoms with Crippen LogP contribution >= 0.6 is 0 Å². The van der Waals surface area contributed by atoms with E-state index < -0.39 is 0 Å². The van der Waals surface area contributed by atoms with Crippen molar-refractivity contribution in [3.63, 3.8) is 0 Å². The molecule has 0 amide bonds. The molecule has 1 heteroatoms. The van der Waals surface area contributed by atoms with Crippen molar-refractivity contribution in [1.82, 2.24) is 0 Å². The molecule has 17 heavy (non-hydrogen) atoms. The van der Waals surface area contributed by atoms with Gasteiger partial charge in [-0.3, -0.25) is 0 Å². The van der Waals surface area contributed by atoms with Crippen molar-refractivity contribution in [3.05, 3.63) is 53.1 Å². The Bertz CT molecular complexity index is 620. The molecule has 2 aromatic rings. The van der Waals surface area contributed by atoms with E-state index in [0.717, 1.165) is 6.42 Å². The molecule has 2 aromatic carbocycles. The third kappa shape index (κ3) is 1.67. The van der Waals surface area contributed by atoms with E-state index in [1.54, 1.807) is 0 Å². The van der Waals surface area contributed by atoms with E-state index in [1.807, 2.05) is 0 Å². The Balaban J connectivity index is 2.35. The molecule has 2 N–H and O–H groups in total. The van der Waals surface area contributed by atoms with E-state index in [-0.39, 0.29) is 5.54 Å². The minimum atomic E-state index is -0.238. The normalized spacial score (nSPS) is 23.4. The summed E-state index contributed by atoms with van der Waals surface area (Å²) in [6, 6.07) is 13.0. The summed E-state index contributed by atoms with van der Waals surface area (Å²) in [4.78, 5) is 0. The van der Waals surface area contributed by atoms with E-state index in [0.29, 0.717) is 0 Å². The van der Waals surface area contributed by atoms with Crippen LogP contribution in [-0.2, 0) is 5.54 Å². The third-order valence-electron chi connectivity index (χ3n) is 3.58. The highest BCUT2D eigenvalue weighted by Gasteiger charge is 2.27. The number of rotatable bonds is 0. The molecule has 1 atom stereocenters. The lowest BCUT2D eigenvalue weighted by molar-refractivity contribution is 0.484. The number of benzene rings is 2. The molecule has 0 radical (unpaired) electrons. The average molecular weight is 223 g/mol. The zero-order valence-corrected chi connectivity index (χ0v) is 10.3. The second-order valence-electron chi connectivity index (χ2n) is 5.37. The summed E-state index contributed by atoms with van der Waals surface area (Å²) in [6.07, 6.45) is 3.20. The molecule has 0 spiro atoms. The van der Waals surface area contributed by atoms with Crippen molar-refractivity contribution in [2.24, 2.45) is 5.73 Å². The van der Waals surface area contributed by atoms with Crippen molar-refractivity contribution < 1.29 is 0 Å². The highest BCUT2D eigenvalue weighted by atomic mass is 14.7. The third-order valence-corrected chi connectivity index (χ3v) is 3.58. The minimum Gasteiger partial charge on any atom is -0.321 e. The van der Waals surface area contributed by atoms with Crippen molar-refractivity contribution >= 4 is 16.8 Å². The molecule has 0 saturated heterocycles. The van der Waals surface area contributed by atoms with Gasteiger partial charge in [-0.15, -0.1) is 0 Å². The summed E-state index contributed by atoms with van der Waals surface area (Å²) in [5, 5.41) is 2.56. The second kappa shape index (κ2) is 3.44. The van der Waals surface area contributed by atoms with Crippen molar-refractivity contribution in [2.45, 2.75) is 25.8 Å². The molecule has 1 aliphatic carbocycles. The van der Waals surface area contributed by atoms with Crippen LogP contribution in [0.1, 0.15) is 31.4 Å². The van der Waals surface area contributed by atoms with Crippen LogP contribution in [0, 0.1) is 0 Å². The fourth-order valence-corrected chi connectivity index (χ4v) is 2.86. The van der Waals surface area contributed by atoms with Gasteiger partial charge in [-0.1, -0.05) is 35.9 Å². The van der Waals surface area contributed by atoms with Crippen molar-refractivity contribution in [2.75, 3.05) is 0 Å². The predicted molar refractivity (Wildman–Crippen MR) is 73.8 cm³/mol. The van der Waals surface area contributed by atoms with Crippen LogP contribution in [0.3, 0.4) is 0 Å². The predicted octanol–water partition coefficient (Wildman–Crippen LogP) is 3.82. The molecule has 0 saturated carbocycles. The van der Waals surface area contributed by atoms with Gasteiger partial charge in [0.2, 0.25) is 0 Å². The molecule has 0 aromatic heterocycles. The van der Waals surface area contributed by atoms with Gasteiger partial charge in [-0.05, 0) is 54.3 Å². The number of fused-ring (bicyclic) bond motifs is 2. The first kappa shape index (κ1) is 10.5. The van der Waals surface area contributed by atoms with Crippen LogP contribution in [0.4, 0.5) is 0 Å². The van der Waals surface area contributed by atoms with Gasteiger partial charge >= 0.3 is 0 Å². The first-order chi connectivity index (χ1) is 8.06. The van der Waals surface area contributed by atoms with Crippen LogP contribution in [0.5, 0.6) is 0 Å². The van der Waals surface area contributed by atoms with Gasteiger partial charge in [0.1, 0.15) is 0 Å². The quantitative estimate of drug-likeness (QED) is 0.722. The SMILES string of the molecule is CC1=Cc2cc3ccccc3cc2C(C)(N)C1. The fraction of sp³-hybridized carbons (Fsp3) is 0.250. The summed E-state index contributed by atoms with van der Waals surface area (Å²) >= 11 is 0. The lowest BCUT2D eigenvalue weighted by Crippen LogP contribution is -2.35. The molecule has 86 valence electrons. The van der Waals surface area contributed by atoms with Crippen LogP contribution in [0.15, 0.2) is 42.0 Å². The Morgan fingerprint density at radius 1 is 1.12 bits per heavy atom. The van der Waals surface area contributed by atoms with E-state index >= 15 is 0 Å². The molecule has 3 rings (SSSR count). The van der Waals surface area contributed by atoms with Gasteiger partial charge in [0.25, 0.3) is 0 Å². The zero-order valence-electron chi connectivity index (χ0n) is 10.3. The van der Waals surface area contributed by atoms with Gasteiger partial charge in [0.15, 0.2) is 0 Å². The number of hydrogen-bond donors (Lipinski definition) is 1. The van der Waals surface area contributed by atoms with Crippen molar-refractivity contribution in [3.8, 4) is 0 Å². The molecule has 0 bridgehead atoms. The summed E-state index contributed by atoms with van der Waals surface area (Å²) in [5.41, 5.74) is 10.1. The lowest BCUT2D eigenvalue weighted by Gasteiger charge is -2.31. The van der Waals surface area contributed by atoms with Gasteiger partial charge in [-0.2, -0.15) is 0 Å². The van der Waals surface area contributed by atoms with Crippen LogP contribution in [-0.4, -0.2) is 0 Å². The Hall–Kier alpha value is -1.60. The maximum absolute atomic E-state index is 6.43. The monoisotopic (exact) mass is 223 g/mol. The molecular weight excluding hydrogens is 206 g/mol. The van der Waals surface area contributed by atoms with Crippen molar-refractivity contribution in [1.29, 1.82) is 0 Å². The summed E-state index contributed by atoms with van der Waals surface area (Å²) in [7, 11) is 0. The van der Waals surface area contributed by atoms with E-state index in [1.165, 1.54) is 27.5 Å². The van der Waals surface area contributed by atoms with Gasteiger partial charge < -0.3 is 5.73 Å². The maximum atomic E-state index is 6.43. The average Bonchev–Trinajstić information content (AvgIpc) is 2.26. The Kier molecular flexibility index (Phi) is 2.14. The Morgan fingerprint density at radius 3 is 2.47 bits per heavy atom. The smallest absolute Gasteiger partial charge is 0.0424 e. The molecular formula is C16H17N. The molecule has 1 aliphatic rings. The van der Waals surface area contributed by atoms with E-state index in [2.05, 4.69) is 56.3 Å². The molecule has 0 heterocycles. The standard InChI is InChI=1S/C16H17N/c1-11-7-14-8-12-5-3-4-6-13(12)9-15(14)16(2,17)10-11/h3-9H,10,17H2,1-2H3. The van der Waals surface area contributed by atoms with E-state index in [9.17, 15) is 0 Å². The summed E-state index contributed by atoms with van der Waals surface area (Å²) in [5.74, 6) is 0. The maximum Gasteiger partial charge on any atom is 0.0424 e. The van der Waals surface area contributed by atoms with Gasteiger partial charge in [0.05, 0.1) is 0 Å². The Labute approximate surface area is 102 Å². The first-order valence-corrected chi connectivity index (χ1v) is 6.06. The first-order valence-electron chi connectivity index (χ1n) is 6.06. The van der Waals surface area contributed by atoms with Crippen LogP contribution in [0.25, 0.3) is 16.8 Å². The fourth-order valence-electron chi connectivity index (χ4n) is 2.86. The minimum absolute atomic E-state index is 0.238. The molecule has 0 aliphatic heterocycles. The Morgan fingerprint density at radius 2 is 1.76 bits per heavy atom. The number of hydrogen-bond acceptors (Lipinski definition) is 1. The lowest BCUT2D eigenvalue weighted by atomic mass is 9.78. The summed E-state index contributed by atoms with van der Waals surface area (Å²) in [6.45, 7) is 4.28. The largest absolute Gasteiger partial charge is 0.321 e. The van der Waals surface area contributed by atoms with E-state index in [4.69, 9.17) is 5.73 Å². The van der Waals surface area contributed by atoms with Gasteiger partial charge in [0, 0.05) is 5.54 Å². The topological polar surface area (TPSA) is 26.0 Å². The summed E-state index contributed by atoms with van der Waals surface area (Å²) < 4.78 is 0. The molecule has 1 nitrogen and oxygen atoms in total. The second-order valence-corrected chi connectivity index (χ2v) is 5.37. The van der Waals surface area contributed by atoms with Gasteiger partial charge in [-0.25, -0.2) is 0 Å². The molecule has 0 fully saturated rings. The van der Waals surface area contributed by atoms with Crippen LogP contribution < -0.4 is 5.73 Å². The van der Waals surface area contributed by atoms with Crippen LogP contribution in [0.2, 0.25) is 0 Å². The highest BCUT2D eigenvalue weighted by molar-refractivity contribution is 5.87. The molecule has 1 unspecified atom stereocenters. The zero-order chi connectivity index (χ0) is 12.0. The highest BCUT2D eigenvalue weighted by Crippen LogP contribution is 2.36.